The third kappa shape index (κ3) is 6.05. The molecule has 0 unspecified atom stereocenters. The number of benzene rings is 1. The highest BCUT2D eigenvalue weighted by Crippen LogP contribution is 2.21. The standard InChI is InChI=1S/C21H30BrNO2S/c1-21(2,3)26(24,25)15-8-6-4-5-7-10-17-11-9-12-18(16-17)20-19(22)13-14-23-20/h9,11-13,16H,4-8,10,14-15H2,1-3H3. The van der Waals surface area contributed by atoms with Gasteiger partial charge < -0.3 is 0 Å². The van der Waals surface area contributed by atoms with Gasteiger partial charge in [-0.1, -0.05) is 37.5 Å². The quantitative estimate of drug-likeness (QED) is 0.478. The molecule has 2 rings (SSSR count). The molecule has 0 amide bonds. The van der Waals surface area contributed by atoms with Crippen molar-refractivity contribution in [3.63, 3.8) is 0 Å². The van der Waals surface area contributed by atoms with E-state index in [2.05, 4.69) is 51.3 Å². The zero-order valence-corrected chi connectivity index (χ0v) is 18.5. The summed E-state index contributed by atoms with van der Waals surface area (Å²) in [6, 6.07) is 8.61. The van der Waals surface area contributed by atoms with E-state index < -0.39 is 14.6 Å². The van der Waals surface area contributed by atoms with E-state index in [1.807, 2.05) is 0 Å². The smallest absolute Gasteiger partial charge is 0.155 e. The van der Waals surface area contributed by atoms with Crippen molar-refractivity contribution < 1.29 is 8.42 Å². The van der Waals surface area contributed by atoms with E-state index in [-0.39, 0.29) is 0 Å². The molecule has 144 valence electrons. The Morgan fingerprint density at radius 3 is 2.42 bits per heavy atom. The molecule has 0 radical (unpaired) electrons. The molecule has 1 aromatic rings. The van der Waals surface area contributed by atoms with Crippen LogP contribution in [0.1, 0.15) is 64.0 Å². The van der Waals surface area contributed by atoms with E-state index in [0.717, 1.165) is 55.3 Å². The van der Waals surface area contributed by atoms with Crippen LogP contribution in [0.25, 0.3) is 0 Å². The van der Waals surface area contributed by atoms with Gasteiger partial charge in [-0.25, -0.2) is 8.42 Å². The fourth-order valence-corrected chi connectivity index (χ4v) is 4.65. The van der Waals surface area contributed by atoms with Gasteiger partial charge in [-0.05, 0) is 73.7 Å². The van der Waals surface area contributed by atoms with Crippen LogP contribution >= 0.6 is 15.9 Å². The van der Waals surface area contributed by atoms with Crippen molar-refractivity contribution in [2.45, 2.75) is 64.0 Å². The first-order chi connectivity index (χ1) is 12.2. The fraction of sp³-hybridized carbons (Fsp3) is 0.571. The van der Waals surface area contributed by atoms with E-state index in [1.165, 1.54) is 11.1 Å². The van der Waals surface area contributed by atoms with Crippen molar-refractivity contribution in [2.75, 3.05) is 12.3 Å². The van der Waals surface area contributed by atoms with E-state index in [1.54, 1.807) is 20.8 Å². The maximum atomic E-state index is 12.1. The largest absolute Gasteiger partial charge is 0.279 e. The normalized spacial score (nSPS) is 15.1. The van der Waals surface area contributed by atoms with Crippen molar-refractivity contribution in [2.24, 2.45) is 4.99 Å². The van der Waals surface area contributed by atoms with Gasteiger partial charge in [0.2, 0.25) is 0 Å². The van der Waals surface area contributed by atoms with Crippen molar-refractivity contribution in [1.82, 2.24) is 0 Å². The third-order valence-electron chi connectivity index (χ3n) is 4.76. The monoisotopic (exact) mass is 439 g/mol. The van der Waals surface area contributed by atoms with Gasteiger partial charge in [-0.15, -0.1) is 0 Å². The predicted molar refractivity (Wildman–Crippen MR) is 115 cm³/mol. The highest BCUT2D eigenvalue weighted by molar-refractivity contribution is 9.12. The molecule has 0 aromatic heterocycles. The molecule has 1 heterocycles. The molecule has 0 bridgehead atoms. The Kier molecular flexibility index (Phi) is 7.65. The molecule has 3 nitrogen and oxygen atoms in total. The van der Waals surface area contributed by atoms with E-state index in [0.29, 0.717) is 5.75 Å². The Morgan fingerprint density at radius 1 is 1.08 bits per heavy atom. The molecule has 0 spiro atoms. The second-order valence-electron chi connectivity index (χ2n) is 7.89. The molecule has 1 aromatic carbocycles. The molecule has 1 aliphatic rings. The Bertz CT molecular complexity index is 773. The van der Waals surface area contributed by atoms with E-state index in [4.69, 9.17) is 0 Å². The first-order valence-corrected chi connectivity index (χ1v) is 11.9. The average Bonchev–Trinajstić information content (AvgIpc) is 2.99. The van der Waals surface area contributed by atoms with Crippen LogP contribution in [0.2, 0.25) is 0 Å². The number of unbranched alkanes of at least 4 members (excludes halogenated alkanes) is 4. The lowest BCUT2D eigenvalue weighted by molar-refractivity contribution is 0.552. The van der Waals surface area contributed by atoms with E-state index >= 15 is 0 Å². The van der Waals surface area contributed by atoms with Gasteiger partial charge in [-0.3, -0.25) is 4.99 Å². The second kappa shape index (κ2) is 9.32. The molecule has 0 fully saturated rings. The van der Waals surface area contributed by atoms with E-state index in [9.17, 15) is 8.42 Å². The average molecular weight is 440 g/mol. The molecular weight excluding hydrogens is 410 g/mol. The maximum Gasteiger partial charge on any atom is 0.155 e. The lowest BCUT2D eigenvalue weighted by Gasteiger charge is -2.18. The van der Waals surface area contributed by atoms with Crippen molar-refractivity contribution in [1.29, 1.82) is 0 Å². The van der Waals surface area contributed by atoms with Crippen LogP contribution < -0.4 is 0 Å². The number of rotatable bonds is 9. The van der Waals surface area contributed by atoms with Crippen LogP contribution in [-0.2, 0) is 16.3 Å². The van der Waals surface area contributed by atoms with Crippen molar-refractivity contribution >= 4 is 31.5 Å². The number of aryl methyl sites for hydroxylation is 1. The summed E-state index contributed by atoms with van der Waals surface area (Å²) in [6.45, 7) is 6.09. The Balaban J connectivity index is 1.69. The highest BCUT2D eigenvalue weighted by atomic mass is 79.9. The van der Waals surface area contributed by atoms with Gasteiger partial charge in [0.05, 0.1) is 22.8 Å². The molecule has 0 aliphatic carbocycles. The van der Waals surface area contributed by atoms with Crippen molar-refractivity contribution in [3.8, 4) is 0 Å². The summed E-state index contributed by atoms with van der Waals surface area (Å²) in [5.74, 6) is 0.309. The summed E-state index contributed by atoms with van der Waals surface area (Å²) in [7, 11) is -2.97. The fourth-order valence-electron chi connectivity index (χ4n) is 2.95. The minimum absolute atomic E-state index is 0.309. The SMILES string of the molecule is CC(C)(C)S(=O)(=O)CCCCCCCc1cccc(C2=NCC=C2Br)c1. The van der Waals surface area contributed by atoms with Crippen LogP contribution in [0.15, 0.2) is 39.8 Å². The zero-order chi connectivity index (χ0) is 19.2. The Hall–Kier alpha value is -0.940. The maximum absolute atomic E-state index is 12.1. The van der Waals surface area contributed by atoms with Crippen LogP contribution in [-0.4, -0.2) is 31.2 Å². The lowest BCUT2D eigenvalue weighted by atomic mass is 10.0. The molecule has 0 saturated heterocycles. The van der Waals surface area contributed by atoms with Crippen LogP contribution in [0, 0.1) is 0 Å². The topological polar surface area (TPSA) is 46.5 Å². The molecule has 1 aliphatic heterocycles. The van der Waals surface area contributed by atoms with Crippen LogP contribution in [0.4, 0.5) is 0 Å². The zero-order valence-electron chi connectivity index (χ0n) is 16.1. The van der Waals surface area contributed by atoms with Gasteiger partial charge in [-0.2, -0.15) is 0 Å². The Morgan fingerprint density at radius 2 is 1.77 bits per heavy atom. The molecule has 26 heavy (non-hydrogen) atoms. The molecule has 5 heteroatoms. The van der Waals surface area contributed by atoms with Gasteiger partial charge in [0, 0.05) is 10.0 Å². The number of sulfone groups is 1. The number of nitrogens with zero attached hydrogens (tertiary/aromatic N) is 1. The van der Waals surface area contributed by atoms with Gasteiger partial charge in [0.1, 0.15) is 0 Å². The summed E-state index contributed by atoms with van der Waals surface area (Å²) in [5.41, 5.74) is 3.56. The first-order valence-electron chi connectivity index (χ1n) is 9.43. The number of halogens is 1. The van der Waals surface area contributed by atoms with Crippen LogP contribution in [0.5, 0.6) is 0 Å². The second-order valence-corrected chi connectivity index (χ2v) is 11.6. The first kappa shape index (κ1) is 21.4. The highest BCUT2D eigenvalue weighted by Gasteiger charge is 2.27. The minimum atomic E-state index is -2.97. The minimum Gasteiger partial charge on any atom is -0.279 e. The molecule has 0 atom stereocenters. The lowest BCUT2D eigenvalue weighted by Crippen LogP contribution is -2.30. The summed E-state index contributed by atoms with van der Waals surface area (Å²) in [4.78, 5) is 4.52. The number of allylic oxidation sites excluding steroid dienone is 1. The summed E-state index contributed by atoms with van der Waals surface area (Å²) < 4.78 is 24.6. The van der Waals surface area contributed by atoms with Crippen LogP contribution in [0.3, 0.4) is 0 Å². The van der Waals surface area contributed by atoms with Gasteiger partial charge in [0.25, 0.3) is 0 Å². The third-order valence-corrected chi connectivity index (χ3v) is 8.15. The van der Waals surface area contributed by atoms with Crippen molar-refractivity contribution in [3.05, 3.63) is 46.0 Å². The summed E-state index contributed by atoms with van der Waals surface area (Å²) in [5, 5.41) is 0. The molecular formula is C21H30BrNO2S. The predicted octanol–water partition coefficient (Wildman–Crippen LogP) is 5.47. The summed E-state index contributed by atoms with van der Waals surface area (Å²) in [6.07, 6.45) is 8.29. The number of hydrogen-bond donors (Lipinski definition) is 0. The molecule has 0 N–H and O–H groups in total. The number of aliphatic imine (C=N–C) groups is 1. The summed E-state index contributed by atoms with van der Waals surface area (Å²) >= 11 is 3.57. The molecule has 0 saturated carbocycles. The van der Waals surface area contributed by atoms with Gasteiger partial charge in [0.15, 0.2) is 9.84 Å². The van der Waals surface area contributed by atoms with Gasteiger partial charge >= 0.3 is 0 Å². The number of hydrogen-bond acceptors (Lipinski definition) is 3. The Labute approximate surface area is 167 Å².